The molecule has 1 aromatic heterocycles. The first-order valence-corrected chi connectivity index (χ1v) is 5.18. The minimum atomic E-state index is -4.14. The first kappa shape index (κ1) is 9.75. The largest absolute Gasteiger partial charge is 0.399 e. The van der Waals surface area contributed by atoms with Crippen LogP contribution in [0.15, 0.2) is 30.3 Å². The topological polar surface area (TPSA) is 15.8 Å². The van der Waals surface area contributed by atoms with Crippen LogP contribution >= 0.6 is 0 Å². The van der Waals surface area contributed by atoms with Crippen molar-refractivity contribution >= 4 is 10.9 Å². The van der Waals surface area contributed by atoms with Crippen molar-refractivity contribution in [3.63, 3.8) is 0 Å². The zero-order chi connectivity index (χ0) is 11.4. The number of aromatic amines is 1. The van der Waals surface area contributed by atoms with Crippen molar-refractivity contribution in [3.8, 4) is 0 Å². The van der Waals surface area contributed by atoms with Gasteiger partial charge in [-0.1, -0.05) is 18.2 Å². The molecule has 0 amide bonds. The lowest BCUT2D eigenvalue weighted by Crippen LogP contribution is -2.28. The average molecular weight is 225 g/mol. The van der Waals surface area contributed by atoms with Crippen LogP contribution in [0.1, 0.15) is 18.5 Å². The van der Waals surface area contributed by atoms with Crippen molar-refractivity contribution < 1.29 is 13.2 Å². The number of alkyl halides is 3. The van der Waals surface area contributed by atoms with E-state index in [9.17, 15) is 13.2 Å². The molecular formula is C12H10F3N. The van der Waals surface area contributed by atoms with Crippen molar-refractivity contribution in [1.29, 1.82) is 0 Å². The third-order valence-electron chi connectivity index (χ3n) is 3.34. The highest BCUT2D eigenvalue weighted by atomic mass is 19.4. The fourth-order valence-corrected chi connectivity index (χ4v) is 2.16. The lowest BCUT2D eigenvalue weighted by molar-refractivity contribution is -0.161. The van der Waals surface area contributed by atoms with Crippen LogP contribution in [0.5, 0.6) is 0 Å². The van der Waals surface area contributed by atoms with E-state index in [2.05, 4.69) is 4.98 Å². The van der Waals surface area contributed by atoms with E-state index in [4.69, 9.17) is 0 Å². The predicted octanol–water partition coefficient (Wildman–Crippen LogP) is 3.76. The van der Waals surface area contributed by atoms with Gasteiger partial charge in [-0.3, -0.25) is 0 Å². The molecule has 0 spiro atoms. The maximum absolute atomic E-state index is 12.9. The molecular weight excluding hydrogens is 215 g/mol. The van der Waals surface area contributed by atoms with Crippen molar-refractivity contribution in [1.82, 2.24) is 4.98 Å². The average Bonchev–Trinajstić information content (AvgIpc) is 2.92. The van der Waals surface area contributed by atoms with Crippen LogP contribution in [0.2, 0.25) is 0 Å². The molecule has 0 saturated heterocycles. The summed E-state index contributed by atoms with van der Waals surface area (Å²) < 4.78 is 38.7. The normalized spacial score (nSPS) is 18.9. The van der Waals surface area contributed by atoms with E-state index in [0.717, 1.165) is 10.9 Å². The quantitative estimate of drug-likeness (QED) is 0.760. The van der Waals surface area contributed by atoms with Gasteiger partial charge in [0.05, 0.1) is 0 Å². The first-order valence-electron chi connectivity index (χ1n) is 5.18. The van der Waals surface area contributed by atoms with Gasteiger partial charge < -0.3 is 4.98 Å². The summed E-state index contributed by atoms with van der Waals surface area (Å²) in [6.45, 7) is 0. The van der Waals surface area contributed by atoms with Gasteiger partial charge in [-0.15, -0.1) is 0 Å². The lowest BCUT2D eigenvalue weighted by atomic mass is 10.0. The minimum absolute atomic E-state index is 0.198. The number of para-hydroxylation sites is 1. The van der Waals surface area contributed by atoms with Crippen molar-refractivity contribution in [2.75, 3.05) is 0 Å². The van der Waals surface area contributed by atoms with Gasteiger partial charge in [0.2, 0.25) is 0 Å². The maximum atomic E-state index is 12.9. The summed E-state index contributed by atoms with van der Waals surface area (Å²) in [4.78, 5) is 2.88. The molecule has 1 aromatic carbocycles. The Kier molecular flexibility index (Phi) is 1.71. The number of fused-ring (bicyclic) bond motifs is 1. The molecule has 0 aliphatic heterocycles. The molecule has 3 rings (SSSR count). The van der Waals surface area contributed by atoms with Gasteiger partial charge in [-0.25, -0.2) is 0 Å². The second-order valence-corrected chi connectivity index (χ2v) is 4.35. The van der Waals surface area contributed by atoms with E-state index in [1.807, 2.05) is 18.2 Å². The van der Waals surface area contributed by atoms with Crippen LogP contribution in [-0.4, -0.2) is 11.2 Å². The molecule has 0 unspecified atom stereocenters. The van der Waals surface area contributed by atoms with E-state index >= 15 is 0 Å². The Morgan fingerprint density at radius 2 is 1.81 bits per heavy atom. The van der Waals surface area contributed by atoms with Crippen LogP contribution in [-0.2, 0) is 5.41 Å². The molecule has 2 aromatic rings. The van der Waals surface area contributed by atoms with Gasteiger partial charge >= 0.3 is 6.18 Å². The number of rotatable bonds is 1. The van der Waals surface area contributed by atoms with E-state index < -0.39 is 11.6 Å². The fourth-order valence-electron chi connectivity index (χ4n) is 2.16. The number of hydrogen-bond acceptors (Lipinski definition) is 0. The molecule has 1 aliphatic carbocycles. The van der Waals surface area contributed by atoms with E-state index in [1.165, 1.54) is 0 Å². The molecule has 16 heavy (non-hydrogen) atoms. The zero-order valence-corrected chi connectivity index (χ0v) is 8.43. The summed E-state index contributed by atoms with van der Waals surface area (Å²) in [7, 11) is 0. The second-order valence-electron chi connectivity index (χ2n) is 4.35. The third-order valence-corrected chi connectivity index (χ3v) is 3.34. The summed E-state index contributed by atoms with van der Waals surface area (Å²) >= 11 is 0. The molecule has 0 radical (unpaired) electrons. The Morgan fingerprint density at radius 1 is 1.12 bits per heavy atom. The molecule has 1 saturated carbocycles. The van der Waals surface area contributed by atoms with Gasteiger partial charge in [0, 0.05) is 11.2 Å². The third kappa shape index (κ3) is 1.19. The van der Waals surface area contributed by atoms with Crippen LogP contribution in [0.3, 0.4) is 0 Å². The second kappa shape index (κ2) is 2.81. The molecule has 0 bridgehead atoms. The standard InChI is InChI=1S/C12H10F3N/c13-12(14,15)11(5-6-11)10-7-8-3-1-2-4-9(8)16-10/h1-4,7,16H,5-6H2. The van der Waals surface area contributed by atoms with E-state index in [-0.39, 0.29) is 12.8 Å². The predicted molar refractivity (Wildman–Crippen MR) is 55.3 cm³/mol. The Balaban J connectivity index is 2.14. The molecule has 0 atom stereocenters. The molecule has 4 heteroatoms. The highest BCUT2D eigenvalue weighted by Crippen LogP contribution is 2.58. The SMILES string of the molecule is FC(F)(F)C1(c2cc3ccccc3[nH]2)CC1. The lowest BCUT2D eigenvalue weighted by Gasteiger charge is -2.17. The van der Waals surface area contributed by atoms with Crippen LogP contribution in [0.4, 0.5) is 13.2 Å². The van der Waals surface area contributed by atoms with Crippen molar-refractivity contribution in [2.45, 2.75) is 24.4 Å². The molecule has 1 nitrogen and oxygen atoms in total. The maximum Gasteiger partial charge on any atom is 0.399 e. The summed E-state index contributed by atoms with van der Waals surface area (Å²) in [5.41, 5.74) is -0.527. The fraction of sp³-hybridized carbons (Fsp3) is 0.333. The van der Waals surface area contributed by atoms with Crippen LogP contribution in [0.25, 0.3) is 10.9 Å². The smallest absolute Gasteiger partial charge is 0.358 e. The van der Waals surface area contributed by atoms with Crippen LogP contribution < -0.4 is 0 Å². The van der Waals surface area contributed by atoms with Crippen LogP contribution in [0, 0.1) is 0 Å². The molecule has 1 fully saturated rings. The number of halogens is 3. The van der Waals surface area contributed by atoms with Crippen molar-refractivity contribution in [2.24, 2.45) is 0 Å². The van der Waals surface area contributed by atoms with Gasteiger partial charge in [0.15, 0.2) is 0 Å². The summed E-state index contributed by atoms with van der Waals surface area (Å²) in [5, 5.41) is 0.841. The number of H-pyrrole nitrogens is 1. The Bertz CT molecular complexity index is 501. The van der Waals surface area contributed by atoms with Gasteiger partial charge in [0.1, 0.15) is 5.41 Å². The summed E-state index contributed by atoms with van der Waals surface area (Å²) in [6, 6.07) is 8.88. The molecule has 1 heterocycles. The summed E-state index contributed by atoms with van der Waals surface area (Å²) in [5.74, 6) is 0. The monoisotopic (exact) mass is 225 g/mol. The Morgan fingerprint density at radius 3 is 2.38 bits per heavy atom. The minimum Gasteiger partial charge on any atom is -0.358 e. The summed E-state index contributed by atoms with van der Waals surface area (Å²) in [6.07, 6.45) is -3.75. The number of benzene rings is 1. The van der Waals surface area contributed by atoms with E-state index in [1.54, 1.807) is 12.1 Å². The first-order chi connectivity index (χ1) is 7.53. The number of hydrogen-bond donors (Lipinski definition) is 1. The molecule has 84 valence electrons. The Hall–Kier alpha value is -1.45. The molecule has 1 N–H and O–H groups in total. The highest BCUT2D eigenvalue weighted by molar-refractivity contribution is 5.80. The highest BCUT2D eigenvalue weighted by Gasteiger charge is 2.65. The zero-order valence-electron chi connectivity index (χ0n) is 8.43. The van der Waals surface area contributed by atoms with Gasteiger partial charge in [-0.05, 0) is 30.4 Å². The molecule has 1 aliphatic rings. The van der Waals surface area contributed by atoms with Crippen molar-refractivity contribution in [3.05, 3.63) is 36.0 Å². The number of nitrogens with one attached hydrogen (secondary N) is 1. The number of aromatic nitrogens is 1. The van der Waals surface area contributed by atoms with E-state index in [0.29, 0.717) is 5.69 Å². The Labute approximate surface area is 90.3 Å². The van der Waals surface area contributed by atoms with Gasteiger partial charge in [0.25, 0.3) is 0 Å². The van der Waals surface area contributed by atoms with Gasteiger partial charge in [-0.2, -0.15) is 13.2 Å².